The first-order valence-electron chi connectivity index (χ1n) is 12.6. The average molecular weight is 576 g/mol. The minimum absolute atomic E-state index is 0.0581. The van der Waals surface area contributed by atoms with E-state index in [-0.39, 0.29) is 45.6 Å². The van der Waals surface area contributed by atoms with Crippen molar-refractivity contribution in [1.29, 1.82) is 0 Å². The molecule has 1 aliphatic carbocycles. The summed E-state index contributed by atoms with van der Waals surface area (Å²) < 4.78 is 72.1. The zero-order valence-corrected chi connectivity index (χ0v) is 22.9. The molecule has 0 saturated heterocycles. The molecule has 0 aliphatic heterocycles. The lowest BCUT2D eigenvalue weighted by molar-refractivity contribution is -0.00466. The third-order valence-corrected chi connectivity index (χ3v) is 9.20. The van der Waals surface area contributed by atoms with Gasteiger partial charge in [-0.2, -0.15) is 0 Å². The van der Waals surface area contributed by atoms with E-state index in [1.165, 1.54) is 12.1 Å². The van der Waals surface area contributed by atoms with Crippen LogP contribution in [-0.2, 0) is 14.6 Å². The molecule has 1 saturated carbocycles. The smallest absolute Gasteiger partial charge is 0.255 e. The summed E-state index contributed by atoms with van der Waals surface area (Å²) in [6.45, 7) is 4.71. The van der Waals surface area contributed by atoms with Crippen LogP contribution in [0.15, 0.2) is 35.2 Å². The van der Waals surface area contributed by atoms with Gasteiger partial charge in [0.2, 0.25) is 0 Å². The Hall–Kier alpha value is -2.14. The van der Waals surface area contributed by atoms with Gasteiger partial charge in [-0.25, -0.2) is 21.6 Å². The fourth-order valence-electron chi connectivity index (χ4n) is 4.85. The number of unbranched alkanes of at least 4 members (excludes halogenated alkanes) is 1. The lowest BCUT2D eigenvalue weighted by atomic mass is 9.92. The van der Waals surface area contributed by atoms with Crippen molar-refractivity contribution in [2.75, 3.05) is 24.3 Å². The molecule has 210 valence electrons. The molecule has 11 heteroatoms. The van der Waals surface area contributed by atoms with Crippen LogP contribution < -0.4 is 5.32 Å². The summed E-state index contributed by atoms with van der Waals surface area (Å²) in [5, 5.41) is 11.5. The zero-order chi connectivity index (χ0) is 28.0. The number of amides is 1. The first-order valence-corrected chi connectivity index (χ1v) is 14.7. The van der Waals surface area contributed by atoms with Crippen LogP contribution in [0.3, 0.4) is 0 Å². The van der Waals surface area contributed by atoms with Gasteiger partial charge in [0.1, 0.15) is 0 Å². The Morgan fingerprint density at radius 1 is 1.16 bits per heavy atom. The molecular formula is C27H33ClF3NO5S. The molecule has 6 nitrogen and oxygen atoms in total. The number of carbonyl (C=O) groups is 1. The van der Waals surface area contributed by atoms with Crippen molar-refractivity contribution in [3.8, 4) is 0 Å². The van der Waals surface area contributed by atoms with Gasteiger partial charge in [-0.1, -0.05) is 25.4 Å². The molecular weight excluding hydrogens is 543 g/mol. The second kappa shape index (κ2) is 13.3. The van der Waals surface area contributed by atoms with E-state index < -0.39 is 33.2 Å². The van der Waals surface area contributed by atoms with Gasteiger partial charge in [0.25, 0.3) is 5.91 Å². The first kappa shape index (κ1) is 30.4. The van der Waals surface area contributed by atoms with Crippen LogP contribution in [0.1, 0.15) is 56.3 Å². The SMILES string of the molecule is CC1CC[C@@H](C[C@@H](C)CO)C1OCCCCS(=O)(=O)c1cc(C(=O)Nc2cc(F)c(F)c(F)c2)ccc1Cl. The summed E-state index contributed by atoms with van der Waals surface area (Å²) in [7, 11) is -3.84. The van der Waals surface area contributed by atoms with Crippen LogP contribution in [0.4, 0.5) is 18.9 Å². The maximum Gasteiger partial charge on any atom is 0.255 e. The molecule has 2 aromatic rings. The van der Waals surface area contributed by atoms with E-state index in [9.17, 15) is 31.5 Å². The van der Waals surface area contributed by atoms with E-state index in [2.05, 4.69) is 12.2 Å². The van der Waals surface area contributed by atoms with Crippen LogP contribution in [-0.4, -0.2) is 44.5 Å². The number of ether oxygens (including phenoxy) is 1. The molecule has 0 heterocycles. The van der Waals surface area contributed by atoms with Gasteiger partial charge in [0.15, 0.2) is 27.3 Å². The van der Waals surface area contributed by atoms with Gasteiger partial charge in [-0.15, -0.1) is 0 Å². The number of rotatable bonds is 12. The quantitative estimate of drug-likeness (QED) is 0.239. The molecule has 1 fully saturated rings. The molecule has 2 N–H and O–H groups in total. The molecule has 0 bridgehead atoms. The van der Waals surface area contributed by atoms with Crippen LogP contribution in [0, 0.1) is 35.2 Å². The predicted octanol–water partition coefficient (Wildman–Crippen LogP) is 6.01. The molecule has 38 heavy (non-hydrogen) atoms. The van der Waals surface area contributed by atoms with Crippen LogP contribution >= 0.6 is 11.6 Å². The highest BCUT2D eigenvalue weighted by Crippen LogP contribution is 2.37. The first-order chi connectivity index (χ1) is 17.9. The van der Waals surface area contributed by atoms with E-state index in [1.54, 1.807) is 0 Å². The highest BCUT2D eigenvalue weighted by molar-refractivity contribution is 7.91. The Morgan fingerprint density at radius 3 is 2.50 bits per heavy atom. The molecule has 2 aromatic carbocycles. The third-order valence-electron chi connectivity index (χ3n) is 6.92. The van der Waals surface area contributed by atoms with Gasteiger partial charge in [0, 0.05) is 36.6 Å². The summed E-state index contributed by atoms with van der Waals surface area (Å²) in [4.78, 5) is 12.3. The van der Waals surface area contributed by atoms with Crippen molar-refractivity contribution in [3.63, 3.8) is 0 Å². The normalized spacial score (nSPS) is 20.4. The number of halogens is 4. The minimum Gasteiger partial charge on any atom is -0.396 e. The summed E-state index contributed by atoms with van der Waals surface area (Å²) in [5.74, 6) is -4.66. The fraction of sp³-hybridized carbons (Fsp3) is 0.519. The summed E-state index contributed by atoms with van der Waals surface area (Å²) in [6, 6.07) is 4.87. The highest BCUT2D eigenvalue weighted by Gasteiger charge is 2.34. The van der Waals surface area contributed by atoms with E-state index in [1.807, 2.05) is 6.92 Å². The molecule has 4 atom stereocenters. The summed E-state index contributed by atoms with van der Waals surface area (Å²) in [5.41, 5.74) is -0.421. The molecule has 3 rings (SSSR count). The van der Waals surface area contributed by atoms with Crippen LogP contribution in [0.2, 0.25) is 5.02 Å². The topological polar surface area (TPSA) is 92.7 Å². The maximum absolute atomic E-state index is 13.4. The fourth-order valence-corrected chi connectivity index (χ4v) is 6.80. The number of anilines is 1. The van der Waals surface area contributed by atoms with Crippen molar-refractivity contribution in [1.82, 2.24) is 0 Å². The van der Waals surface area contributed by atoms with E-state index in [0.717, 1.165) is 25.3 Å². The van der Waals surface area contributed by atoms with Crippen molar-refractivity contribution in [2.45, 2.75) is 57.0 Å². The Labute approximate surface area is 226 Å². The number of sulfone groups is 1. The van der Waals surface area contributed by atoms with E-state index in [4.69, 9.17) is 16.3 Å². The van der Waals surface area contributed by atoms with Crippen LogP contribution in [0.25, 0.3) is 0 Å². The minimum atomic E-state index is -3.84. The van der Waals surface area contributed by atoms with E-state index >= 15 is 0 Å². The second-order valence-corrected chi connectivity index (χ2v) is 12.5. The van der Waals surface area contributed by atoms with E-state index in [0.29, 0.717) is 43.4 Å². The van der Waals surface area contributed by atoms with Gasteiger partial charge in [0.05, 0.1) is 21.8 Å². The Bertz CT molecular complexity index is 1220. The largest absolute Gasteiger partial charge is 0.396 e. The van der Waals surface area contributed by atoms with Crippen LogP contribution in [0.5, 0.6) is 0 Å². The van der Waals surface area contributed by atoms with Gasteiger partial charge >= 0.3 is 0 Å². The summed E-state index contributed by atoms with van der Waals surface area (Å²) >= 11 is 6.12. The molecule has 0 radical (unpaired) electrons. The molecule has 0 spiro atoms. The van der Waals surface area contributed by atoms with Gasteiger partial charge in [-0.3, -0.25) is 4.79 Å². The van der Waals surface area contributed by atoms with Crippen molar-refractivity contribution < 1.29 is 36.2 Å². The van der Waals surface area contributed by atoms with Crippen molar-refractivity contribution in [3.05, 3.63) is 58.4 Å². The number of hydrogen-bond acceptors (Lipinski definition) is 5. The molecule has 2 unspecified atom stereocenters. The number of carbonyl (C=O) groups excluding carboxylic acids is 1. The second-order valence-electron chi connectivity index (χ2n) is 10.1. The monoisotopic (exact) mass is 575 g/mol. The average Bonchev–Trinajstić information content (AvgIpc) is 3.20. The zero-order valence-electron chi connectivity index (χ0n) is 21.4. The van der Waals surface area contributed by atoms with Crippen molar-refractivity contribution in [2.24, 2.45) is 17.8 Å². The number of nitrogens with one attached hydrogen (secondary N) is 1. The molecule has 1 amide bonds. The third kappa shape index (κ3) is 7.71. The summed E-state index contributed by atoms with van der Waals surface area (Å²) in [6.07, 6.45) is 3.95. The van der Waals surface area contributed by atoms with Crippen molar-refractivity contribution >= 4 is 33.0 Å². The van der Waals surface area contributed by atoms with Gasteiger partial charge in [-0.05, 0) is 68.1 Å². The Kier molecular flexibility index (Phi) is 10.6. The lowest BCUT2D eigenvalue weighted by Gasteiger charge is -2.25. The number of benzene rings is 2. The molecule has 1 aliphatic rings. The molecule has 0 aromatic heterocycles. The lowest BCUT2D eigenvalue weighted by Crippen LogP contribution is -2.26. The Morgan fingerprint density at radius 2 is 1.84 bits per heavy atom. The number of aliphatic hydroxyl groups excluding tert-OH is 1. The number of aliphatic hydroxyl groups is 1. The highest BCUT2D eigenvalue weighted by atomic mass is 35.5. The Balaban J connectivity index is 1.57. The maximum atomic E-state index is 13.4. The van der Waals surface area contributed by atoms with Gasteiger partial charge < -0.3 is 15.2 Å². The standard InChI is InChI=1S/C27H33ClF3NO5S/c1-16(15-33)11-18-6-5-17(2)26(18)37-9-3-4-10-38(35,36)24-12-19(7-8-21(24)28)27(34)32-20-13-22(29)25(31)23(30)14-20/h7-8,12-14,16-18,26,33H,3-6,9-11,15H2,1-2H3,(H,32,34)/t16-,17?,18+,26?/m1/s1. The number of hydrogen-bond donors (Lipinski definition) is 2. The predicted molar refractivity (Wildman–Crippen MR) is 140 cm³/mol.